The topological polar surface area (TPSA) is 61.4 Å². The number of carbonyl (C=O) groups is 1. The molecule has 2 rings (SSSR count). The molecule has 0 spiro atoms. The Morgan fingerprint density at radius 1 is 1.31 bits per heavy atom. The summed E-state index contributed by atoms with van der Waals surface area (Å²) in [5, 5.41) is 15.7. The molecule has 1 saturated carbocycles. The molecule has 1 amide bonds. The number of rotatable bonds is 2. The summed E-state index contributed by atoms with van der Waals surface area (Å²) in [5.74, 6) is 0.308. The van der Waals surface area contributed by atoms with E-state index in [4.69, 9.17) is 0 Å². The summed E-state index contributed by atoms with van der Waals surface area (Å²) >= 11 is 0. The predicted octanol–water partition coefficient (Wildman–Crippen LogP) is 0.437. The molecule has 1 heterocycles. The highest BCUT2D eigenvalue weighted by Crippen LogP contribution is 2.19. The van der Waals surface area contributed by atoms with Gasteiger partial charge in [-0.3, -0.25) is 4.79 Å². The Morgan fingerprint density at radius 3 is 2.75 bits per heavy atom. The average molecular weight is 249 g/mol. The van der Waals surface area contributed by atoms with Crippen LogP contribution in [0.25, 0.3) is 0 Å². The van der Waals surface area contributed by atoms with Crippen molar-refractivity contribution in [2.45, 2.75) is 44.2 Å². The van der Waals surface area contributed by atoms with Crippen LogP contribution in [0.5, 0.6) is 0 Å². The van der Waals surface area contributed by atoms with Gasteiger partial charge in [0.15, 0.2) is 0 Å². The first-order valence-electron chi connectivity index (χ1n) is 5.95. The van der Waals surface area contributed by atoms with Crippen LogP contribution < -0.4 is 10.6 Å². The van der Waals surface area contributed by atoms with Crippen LogP contribution in [0.1, 0.15) is 32.1 Å². The van der Waals surface area contributed by atoms with Crippen molar-refractivity contribution in [3.05, 3.63) is 0 Å². The van der Waals surface area contributed by atoms with Crippen LogP contribution in [0.2, 0.25) is 0 Å². The van der Waals surface area contributed by atoms with Crippen molar-refractivity contribution in [1.29, 1.82) is 0 Å². The van der Waals surface area contributed by atoms with E-state index < -0.39 is 0 Å². The van der Waals surface area contributed by atoms with Gasteiger partial charge in [-0.1, -0.05) is 0 Å². The summed E-state index contributed by atoms with van der Waals surface area (Å²) in [4.78, 5) is 11.8. The molecule has 1 saturated heterocycles. The van der Waals surface area contributed by atoms with Crippen molar-refractivity contribution in [1.82, 2.24) is 10.6 Å². The molecule has 0 aromatic carbocycles. The average Bonchev–Trinajstić information content (AvgIpc) is 2.70. The Labute approximate surface area is 103 Å². The highest BCUT2D eigenvalue weighted by Gasteiger charge is 2.26. The SMILES string of the molecule is Cl.O=C(NC1CCCC(O)C1)[C@H]1CCNC1. The van der Waals surface area contributed by atoms with E-state index in [0.717, 1.165) is 45.2 Å². The number of amides is 1. The minimum Gasteiger partial charge on any atom is -0.393 e. The highest BCUT2D eigenvalue weighted by molar-refractivity contribution is 5.85. The maximum Gasteiger partial charge on any atom is 0.224 e. The number of carbonyl (C=O) groups excluding carboxylic acids is 1. The zero-order chi connectivity index (χ0) is 10.7. The zero-order valence-electron chi connectivity index (χ0n) is 9.45. The van der Waals surface area contributed by atoms with Crippen LogP contribution in [0.4, 0.5) is 0 Å². The van der Waals surface area contributed by atoms with Gasteiger partial charge < -0.3 is 15.7 Å². The molecule has 0 radical (unpaired) electrons. The molecule has 3 N–H and O–H groups in total. The Hall–Kier alpha value is -0.320. The van der Waals surface area contributed by atoms with Gasteiger partial charge in [-0.2, -0.15) is 0 Å². The van der Waals surface area contributed by atoms with Crippen molar-refractivity contribution >= 4 is 18.3 Å². The standard InChI is InChI=1S/C11H20N2O2.ClH/c14-10-3-1-2-9(6-10)13-11(15)8-4-5-12-7-8;/h8-10,12,14H,1-7H2,(H,13,15);1H/t8-,9?,10?;/m0./s1. The molecule has 1 aliphatic heterocycles. The first-order chi connectivity index (χ1) is 7.25. The van der Waals surface area contributed by atoms with Gasteiger partial charge in [-0.15, -0.1) is 12.4 Å². The van der Waals surface area contributed by atoms with Crippen LogP contribution in [0.3, 0.4) is 0 Å². The maximum absolute atomic E-state index is 11.8. The molecule has 2 aliphatic rings. The van der Waals surface area contributed by atoms with Gasteiger partial charge >= 0.3 is 0 Å². The van der Waals surface area contributed by atoms with E-state index in [1.165, 1.54) is 0 Å². The number of aliphatic hydroxyl groups is 1. The van der Waals surface area contributed by atoms with Crippen LogP contribution >= 0.6 is 12.4 Å². The minimum atomic E-state index is -0.217. The smallest absolute Gasteiger partial charge is 0.224 e. The van der Waals surface area contributed by atoms with E-state index in [-0.39, 0.29) is 36.4 Å². The second-order valence-corrected chi connectivity index (χ2v) is 4.72. The van der Waals surface area contributed by atoms with Gasteiger partial charge in [0.2, 0.25) is 5.91 Å². The first-order valence-corrected chi connectivity index (χ1v) is 5.95. The lowest BCUT2D eigenvalue weighted by Gasteiger charge is -2.27. The fourth-order valence-electron chi connectivity index (χ4n) is 2.49. The quantitative estimate of drug-likeness (QED) is 0.665. The van der Waals surface area contributed by atoms with Gasteiger partial charge in [0.1, 0.15) is 0 Å². The lowest BCUT2D eigenvalue weighted by atomic mass is 9.92. The molecule has 0 aromatic heterocycles. The lowest BCUT2D eigenvalue weighted by molar-refractivity contribution is -0.125. The normalized spacial score (nSPS) is 34.2. The molecule has 94 valence electrons. The Balaban J connectivity index is 0.00000128. The molecular formula is C11H21ClN2O2. The molecular weight excluding hydrogens is 228 g/mol. The summed E-state index contributed by atoms with van der Waals surface area (Å²) in [6.45, 7) is 1.76. The molecule has 0 aromatic rings. The van der Waals surface area contributed by atoms with Gasteiger partial charge in [0, 0.05) is 12.6 Å². The molecule has 4 nitrogen and oxygen atoms in total. The summed E-state index contributed by atoms with van der Waals surface area (Å²) < 4.78 is 0. The molecule has 2 fully saturated rings. The number of nitrogens with one attached hydrogen (secondary N) is 2. The number of hydrogen-bond donors (Lipinski definition) is 3. The minimum absolute atomic E-state index is 0. The number of aliphatic hydroxyl groups excluding tert-OH is 1. The van der Waals surface area contributed by atoms with Crippen LogP contribution in [0.15, 0.2) is 0 Å². The lowest BCUT2D eigenvalue weighted by Crippen LogP contribution is -2.43. The van der Waals surface area contributed by atoms with Crippen molar-refractivity contribution < 1.29 is 9.90 Å². The second-order valence-electron chi connectivity index (χ2n) is 4.72. The summed E-state index contributed by atoms with van der Waals surface area (Å²) in [7, 11) is 0. The Bertz CT molecular complexity index is 232. The van der Waals surface area contributed by atoms with E-state index in [0.29, 0.717) is 0 Å². The number of hydrogen-bond acceptors (Lipinski definition) is 3. The van der Waals surface area contributed by atoms with Crippen LogP contribution in [-0.2, 0) is 4.79 Å². The molecule has 0 bridgehead atoms. The van der Waals surface area contributed by atoms with Crippen LogP contribution in [-0.4, -0.2) is 36.2 Å². The maximum atomic E-state index is 11.8. The molecule has 16 heavy (non-hydrogen) atoms. The zero-order valence-corrected chi connectivity index (χ0v) is 10.3. The Kier molecular flexibility index (Phi) is 5.52. The van der Waals surface area contributed by atoms with E-state index in [1.54, 1.807) is 0 Å². The third-order valence-corrected chi connectivity index (χ3v) is 3.42. The van der Waals surface area contributed by atoms with E-state index in [2.05, 4.69) is 10.6 Å². The molecule has 5 heteroatoms. The molecule has 1 aliphatic carbocycles. The predicted molar refractivity (Wildman–Crippen MR) is 64.6 cm³/mol. The number of halogens is 1. The third kappa shape index (κ3) is 3.61. The summed E-state index contributed by atoms with van der Waals surface area (Å²) in [6, 6.07) is 0.196. The van der Waals surface area contributed by atoms with Gasteiger partial charge in [-0.25, -0.2) is 0 Å². The molecule has 3 atom stereocenters. The summed E-state index contributed by atoms with van der Waals surface area (Å²) in [6.07, 6.45) is 4.38. The second kappa shape index (κ2) is 6.42. The fraction of sp³-hybridized carbons (Fsp3) is 0.909. The Morgan fingerprint density at radius 2 is 2.12 bits per heavy atom. The largest absolute Gasteiger partial charge is 0.393 e. The van der Waals surface area contributed by atoms with Crippen molar-refractivity contribution in [3.63, 3.8) is 0 Å². The van der Waals surface area contributed by atoms with Crippen molar-refractivity contribution in [2.24, 2.45) is 5.92 Å². The van der Waals surface area contributed by atoms with Crippen molar-refractivity contribution in [3.8, 4) is 0 Å². The first kappa shape index (κ1) is 13.7. The van der Waals surface area contributed by atoms with E-state index >= 15 is 0 Å². The van der Waals surface area contributed by atoms with Crippen molar-refractivity contribution in [2.75, 3.05) is 13.1 Å². The highest BCUT2D eigenvalue weighted by atomic mass is 35.5. The third-order valence-electron chi connectivity index (χ3n) is 3.42. The monoisotopic (exact) mass is 248 g/mol. The van der Waals surface area contributed by atoms with Gasteiger partial charge in [0.05, 0.1) is 12.0 Å². The van der Waals surface area contributed by atoms with Gasteiger partial charge in [0.25, 0.3) is 0 Å². The molecule has 2 unspecified atom stereocenters. The fourth-order valence-corrected chi connectivity index (χ4v) is 2.49. The van der Waals surface area contributed by atoms with E-state index in [1.807, 2.05) is 0 Å². The van der Waals surface area contributed by atoms with Crippen LogP contribution in [0, 0.1) is 5.92 Å². The summed E-state index contributed by atoms with van der Waals surface area (Å²) in [5.41, 5.74) is 0. The van der Waals surface area contributed by atoms with E-state index in [9.17, 15) is 9.90 Å². The van der Waals surface area contributed by atoms with Gasteiger partial charge in [-0.05, 0) is 38.6 Å².